The number of azide groups is 1. The number of benzene rings is 2. The quantitative estimate of drug-likeness (QED) is 0.0229. The van der Waals surface area contributed by atoms with E-state index < -0.39 is 17.8 Å². The molecule has 2 amide bonds. The zero-order valence-corrected chi connectivity index (χ0v) is 63.3. The highest BCUT2D eigenvalue weighted by molar-refractivity contribution is 9.09. The lowest BCUT2D eigenvalue weighted by Gasteiger charge is -2.31. The number of ether oxygens (including phenoxy) is 1. The average Bonchev–Trinajstić information content (AvgIpc) is 1.59. The first-order valence-corrected chi connectivity index (χ1v) is 35.2. The van der Waals surface area contributed by atoms with Crippen molar-refractivity contribution in [3.8, 4) is 36.0 Å². The molecule has 0 radical (unpaired) electrons. The summed E-state index contributed by atoms with van der Waals surface area (Å²) < 4.78 is 4.61. The molecule has 3 heterocycles. The van der Waals surface area contributed by atoms with Crippen molar-refractivity contribution in [2.24, 2.45) is 64.3 Å². The second-order valence-corrected chi connectivity index (χ2v) is 27.3. The molecule has 2 N–H and O–H groups in total. The average molecular weight is 1370 g/mol. The first-order chi connectivity index (χ1) is 44.3. The Balaban J connectivity index is 0. The van der Waals surface area contributed by atoms with Gasteiger partial charge in [0.05, 0.1) is 23.8 Å². The first-order valence-electron chi connectivity index (χ1n) is 34.1. The number of nitrogens with zero attached hydrogens (tertiary/aromatic N) is 9. The van der Waals surface area contributed by atoms with E-state index in [-0.39, 0.29) is 43.0 Å². The minimum absolute atomic E-state index is 0.0255. The van der Waals surface area contributed by atoms with Gasteiger partial charge in [-0.3, -0.25) is 14.4 Å². The van der Waals surface area contributed by atoms with Gasteiger partial charge in [-0.25, -0.2) is 10.7 Å². The molecule has 2 aromatic carbocycles. The molecule has 3 aliphatic carbocycles. The van der Waals surface area contributed by atoms with Crippen LogP contribution in [0.15, 0.2) is 65.8 Å². The van der Waals surface area contributed by atoms with Crippen molar-refractivity contribution in [1.29, 1.82) is 0 Å². The monoisotopic (exact) mass is 1360 g/mol. The number of aryl methyl sites for hydroxylation is 1. The third kappa shape index (κ3) is 43.4. The minimum atomic E-state index is -0.566. The predicted octanol–water partition coefficient (Wildman–Crippen LogP) is 18.3. The number of terminal acetylenes is 1. The van der Waals surface area contributed by atoms with E-state index in [4.69, 9.17) is 12.0 Å². The number of anilines is 1. The van der Waals surface area contributed by atoms with Crippen LogP contribution in [0.5, 0.6) is 0 Å². The van der Waals surface area contributed by atoms with Crippen molar-refractivity contribution >= 4 is 45.4 Å². The van der Waals surface area contributed by atoms with Crippen LogP contribution < -0.4 is 10.8 Å². The summed E-state index contributed by atoms with van der Waals surface area (Å²) in [6.07, 6.45) is 23.5. The zero-order chi connectivity index (χ0) is 71.9. The molecule has 524 valence electrons. The van der Waals surface area contributed by atoms with E-state index in [1.54, 1.807) is 20.8 Å². The summed E-state index contributed by atoms with van der Waals surface area (Å²) in [5.74, 6) is 27.0. The van der Waals surface area contributed by atoms with Crippen molar-refractivity contribution < 1.29 is 33.6 Å². The number of alkyl halides is 1. The number of fused-ring (bicyclic) bond motifs is 3. The van der Waals surface area contributed by atoms with Crippen LogP contribution in [-0.4, -0.2) is 78.8 Å². The van der Waals surface area contributed by atoms with Gasteiger partial charge in [0, 0.05) is 84.4 Å². The smallest absolute Gasteiger partial charge is 0.335 e. The maximum Gasteiger partial charge on any atom is 0.335 e. The van der Waals surface area contributed by atoms with Crippen molar-refractivity contribution in [1.82, 2.24) is 25.5 Å². The maximum atomic E-state index is 11.0. The van der Waals surface area contributed by atoms with Crippen LogP contribution in [0.4, 0.5) is 5.69 Å². The molecule has 94 heavy (non-hydrogen) atoms. The van der Waals surface area contributed by atoms with Gasteiger partial charge in [0.1, 0.15) is 0 Å². The Bertz CT molecular complexity index is 2770. The molecule has 5 aliphatic rings. The van der Waals surface area contributed by atoms with Gasteiger partial charge in [0.25, 0.3) is 11.8 Å². The van der Waals surface area contributed by atoms with Crippen LogP contribution in [-0.2, 0) is 40.1 Å². The van der Waals surface area contributed by atoms with E-state index in [1.807, 2.05) is 69.2 Å². The number of carbonyl (C=O) groups excluding carboxylic acids is 4. The Morgan fingerprint density at radius 3 is 1.56 bits per heavy atom. The standard InChI is InChI=1S/C18H17N.C12H18.C12H22.C8H11NO4.C6H10N4.C5H10O2.C5H8.C4H9Br.C3H7N3.C3H9NO/c1-14(2)19-13-17-9-4-3-7-15(17)11-12-16-8-5-6-10-18(16)19;1-9(2)12-10-7-5-3-4-6-8-11(10)12;1-11(2)12-9-7-5-3-4-6-8-10-12;1-5(2)8(12)13-9-6(10)3-4-7(9)11;1-4(2)6-9-7-5(3)8-10-6;1-4(2)7-5(3)6;1-4-5(2)3;1-4(2)3-5;1-3(2)5-6-4;1-3(2)5-4/h3-10,14H,13H2,1-2H3;9-12H,5-8H2,1-2H3;3-4,11-12H,5-10H2,1-2H3;5H,3-4H2,1-2H3;4H,1-3H3;4H,1-3H3;1,5H,2-3H3;4H,3H2,1-2H3;3H,1-2H3;3H,4H2,1-2H3/b;;4-3+;;;;;;;/t;10-,11+,12?;;;;;;;;. The van der Waals surface area contributed by atoms with Crippen molar-refractivity contribution in [3.05, 3.63) is 99.5 Å². The third-order valence-corrected chi connectivity index (χ3v) is 15.7. The van der Waals surface area contributed by atoms with Crippen LogP contribution in [0.25, 0.3) is 10.4 Å². The fourth-order valence-corrected chi connectivity index (χ4v) is 9.25. The highest BCUT2D eigenvalue weighted by Gasteiger charge is 2.49. The Morgan fingerprint density at radius 2 is 1.20 bits per heavy atom. The van der Waals surface area contributed by atoms with Gasteiger partial charge in [-0.1, -0.05) is 172 Å². The molecule has 0 bridgehead atoms. The molecule has 18 heteroatoms. The molecule has 0 spiro atoms. The van der Waals surface area contributed by atoms with Gasteiger partial charge in [0.2, 0.25) is 0 Å². The lowest BCUT2D eigenvalue weighted by molar-refractivity contribution is -0.199. The van der Waals surface area contributed by atoms with Crippen LogP contribution >= 0.6 is 15.9 Å². The minimum Gasteiger partial charge on any atom is -0.463 e. The van der Waals surface area contributed by atoms with Crippen LogP contribution in [0.3, 0.4) is 0 Å². The summed E-state index contributed by atoms with van der Waals surface area (Å²) in [5, 5.41) is 20.2. The molecule has 1 aromatic heterocycles. The molecular weight excluding hydrogens is 1240 g/mol. The summed E-state index contributed by atoms with van der Waals surface area (Å²) >= 11 is 3.31. The lowest BCUT2D eigenvalue weighted by Crippen LogP contribution is -2.33. The topological polar surface area (TPSA) is 229 Å². The summed E-state index contributed by atoms with van der Waals surface area (Å²) in [5.41, 5.74) is 12.5. The third-order valence-electron chi connectivity index (χ3n) is 14.4. The molecule has 3 atom stereocenters. The number of rotatable bonds is 10. The Kier molecular flexibility index (Phi) is 50.1. The molecule has 2 fully saturated rings. The SMILES string of the molecule is C#CC(C)C.CC(=O)OC(C)C.CC(C)C(=O)ON1C(=O)CCC1=O.CC(C)C1CCC/C=C/CCC1.CC(C)C1[C@H]2CCC#CCC[C@@H]12.CC(C)CBr.CC(C)N1Cc2ccccc2C#Cc2ccccc21.CC(C)N=[N+]=[N-].CC(C)ON.Cc1nnc(C(C)C)nn1. The van der Waals surface area contributed by atoms with Gasteiger partial charge in [-0.05, 0) is 171 Å². The summed E-state index contributed by atoms with van der Waals surface area (Å²) in [7, 11) is 0. The molecule has 8 rings (SSSR count). The van der Waals surface area contributed by atoms with Crippen LogP contribution in [0, 0.1) is 96.2 Å². The van der Waals surface area contributed by atoms with Crippen molar-refractivity contribution in [2.75, 3.05) is 10.2 Å². The van der Waals surface area contributed by atoms with Gasteiger partial charge in [-0.15, -0.1) is 49.6 Å². The van der Waals surface area contributed by atoms with Crippen molar-refractivity contribution in [2.45, 2.75) is 266 Å². The molecule has 17 nitrogen and oxygen atoms in total. The fourth-order valence-electron chi connectivity index (χ4n) is 9.25. The molecular formula is C76H121BrN10O7. The molecule has 3 aromatic rings. The number of hydrogen-bond acceptors (Lipinski definition) is 14. The first kappa shape index (κ1) is 89.4. The number of imide groups is 1. The molecule has 2 aliphatic heterocycles. The predicted molar refractivity (Wildman–Crippen MR) is 389 cm³/mol. The summed E-state index contributed by atoms with van der Waals surface area (Å²) in [4.78, 5) is 56.8. The van der Waals surface area contributed by atoms with E-state index >= 15 is 0 Å². The normalized spacial score (nSPS) is 16.8. The second kappa shape index (κ2) is 52.6. The van der Waals surface area contributed by atoms with Crippen LogP contribution in [0.2, 0.25) is 0 Å². The number of hydroxylamine groups is 2. The Morgan fingerprint density at radius 1 is 0.734 bits per heavy atom. The van der Waals surface area contributed by atoms with Crippen molar-refractivity contribution in [3.63, 3.8) is 0 Å². The number of allylic oxidation sites excluding steroid dienone is 2. The summed E-state index contributed by atoms with van der Waals surface area (Å²) in [6, 6.07) is 17.4. The van der Waals surface area contributed by atoms with Gasteiger partial charge in [-0.2, -0.15) is 0 Å². The number of nitrogens with two attached hydrogens (primary N) is 1. The lowest BCUT2D eigenvalue weighted by atomic mass is 9.87. The van der Waals surface area contributed by atoms with E-state index in [9.17, 15) is 19.2 Å². The molecule has 1 unspecified atom stereocenters. The zero-order valence-electron chi connectivity index (χ0n) is 61.7. The second-order valence-electron chi connectivity index (χ2n) is 26.7. The van der Waals surface area contributed by atoms with E-state index in [2.05, 4.69) is 217 Å². The van der Waals surface area contributed by atoms with Gasteiger partial charge >= 0.3 is 11.9 Å². The fraction of sp³-hybridized carbons (Fsp3) is 0.658. The number of hydrogen-bond donors (Lipinski definition) is 1. The maximum absolute atomic E-state index is 11.0. The Hall–Kier alpha value is -6.61. The van der Waals surface area contributed by atoms with E-state index in [1.165, 1.54) is 69.5 Å². The number of halogens is 1. The van der Waals surface area contributed by atoms with Gasteiger partial charge < -0.3 is 19.3 Å². The molecule has 1 saturated carbocycles. The highest BCUT2D eigenvalue weighted by atomic mass is 79.9. The highest BCUT2D eigenvalue weighted by Crippen LogP contribution is 2.56. The summed E-state index contributed by atoms with van der Waals surface area (Å²) in [6.45, 7) is 44.7. The van der Waals surface area contributed by atoms with Crippen LogP contribution in [0.1, 0.15) is 257 Å². The van der Waals surface area contributed by atoms with E-state index in [0.29, 0.717) is 34.6 Å². The number of para-hydroxylation sites is 1. The van der Waals surface area contributed by atoms with Gasteiger partial charge in [0.15, 0.2) is 11.6 Å². The Labute approximate surface area is 577 Å². The number of aromatic nitrogens is 4. The number of esters is 1. The van der Waals surface area contributed by atoms with E-state index in [0.717, 1.165) is 77.3 Å². The number of amides is 2. The number of carbonyl (C=O) groups is 4. The molecule has 1 saturated heterocycles. The largest absolute Gasteiger partial charge is 0.463 e.